The van der Waals surface area contributed by atoms with Crippen molar-refractivity contribution in [3.8, 4) is 0 Å². The van der Waals surface area contributed by atoms with E-state index in [1.54, 1.807) is 48.5 Å². The van der Waals surface area contributed by atoms with Crippen LogP contribution >= 0.6 is 11.8 Å². The minimum absolute atomic E-state index is 0.192. The molecule has 0 aliphatic carbocycles. The Hall–Kier alpha value is -7.36. The van der Waals surface area contributed by atoms with Crippen LogP contribution in [-0.2, 0) is 26.0 Å². The molecule has 4 N–H and O–H groups in total. The Morgan fingerprint density at radius 1 is 0.486 bits per heavy atom. The monoisotopic (exact) mass is 995 g/mol. The van der Waals surface area contributed by atoms with Gasteiger partial charge in [0.05, 0.1) is 22.7 Å². The van der Waals surface area contributed by atoms with Crippen molar-refractivity contribution in [1.29, 1.82) is 0 Å². The Kier molecular flexibility index (Phi) is 15.1. The summed E-state index contributed by atoms with van der Waals surface area (Å²) in [5.74, 6) is 0.946. The largest absolute Gasteiger partial charge is 0.372 e. The first-order valence-corrected chi connectivity index (χ1v) is 26.2. The average Bonchev–Trinajstić information content (AvgIpc) is 3.35. The van der Waals surface area contributed by atoms with Crippen LogP contribution in [0.4, 0.5) is 57.4 Å². The third-order valence-electron chi connectivity index (χ3n) is 11.3. The predicted octanol–water partition coefficient (Wildman–Crippen LogP) is 13.0. The molecule has 7 aromatic carbocycles. The topological polar surface area (TPSA) is 227 Å². The van der Waals surface area contributed by atoms with E-state index in [0.29, 0.717) is 66.6 Å². The highest BCUT2D eigenvalue weighted by Crippen LogP contribution is 2.39. The molecule has 20 heteroatoms. The summed E-state index contributed by atoms with van der Waals surface area (Å²) in [6, 6.07) is 40.5. The number of nitrogens with zero attached hydrogens (tertiary/aromatic N) is 9. The zero-order valence-corrected chi connectivity index (χ0v) is 41.0. The van der Waals surface area contributed by atoms with Gasteiger partial charge in [0, 0.05) is 64.9 Å². The van der Waals surface area contributed by atoms with Gasteiger partial charge in [-0.3, -0.25) is 9.11 Å². The van der Waals surface area contributed by atoms with Gasteiger partial charge in [-0.05, 0) is 93.9 Å². The molecule has 8 rings (SSSR count). The van der Waals surface area contributed by atoms with E-state index < -0.39 is 20.2 Å². The Balaban J connectivity index is 1.21. The molecule has 0 spiro atoms. The standard InChI is InChI=1S/C50H49N11O6S3/c1-5-60(6-2)34-22-24-42(58-56-40-26-28-46(69(62,63)64)38-20-14-12-18-36(38)40)44(30-34)51-48-53-49(55-50(54-48)68-32-33-16-10-9-11-17-33)52-45-31-35(61(7-3)8-4)23-25-43(45)59-57-41-27-29-47(70(65,66)67)39-21-15-13-19-37(39)41/h9-31H,5-8,32H2,1-4H3,(H,62,63,64)(H,65,66,67)(H2,51,52,53,54,55)/b58-56+,59-57+. The van der Waals surface area contributed by atoms with E-state index in [2.05, 4.69) is 68.6 Å². The fourth-order valence-electron chi connectivity index (χ4n) is 7.84. The molecule has 0 saturated carbocycles. The molecule has 17 nitrogen and oxygen atoms in total. The summed E-state index contributed by atoms with van der Waals surface area (Å²) in [5, 5.41) is 27.3. The van der Waals surface area contributed by atoms with E-state index in [-0.39, 0.29) is 21.7 Å². The molecule has 0 aliphatic rings. The summed E-state index contributed by atoms with van der Waals surface area (Å²) >= 11 is 1.42. The third kappa shape index (κ3) is 11.4. The van der Waals surface area contributed by atoms with Crippen molar-refractivity contribution < 1.29 is 25.9 Å². The first kappa shape index (κ1) is 49.1. The van der Waals surface area contributed by atoms with Gasteiger partial charge in [-0.2, -0.15) is 31.8 Å². The Morgan fingerprint density at radius 3 is 1.29 bits per heavy atom. The quantitative estimate of drug-likeness (QED) is 0.0336. The van der Waals surface area contributed by atoms with Gasteiger partial charge in [-0.25, -0.2) is 0 Å². The lowest BCUT2D eigenvalue weighted by Gasteiger charge is -2.22. The van der Waals surface area contributed by atoms with E-state index in [1.165, 1.54) is 36.0 Å². The van der Waals surface area contributed by atoms with E-state index in [0.717, 1.165) is 43.1 Å². The number of rotatable bonds is 19. The van der Waals surface area contributed by atoms with Crippen LogP contribution in [0.1, 0.15) is 33.3 Å². The second kappa shape index (κ2) is 21.5. The Labute approximate surface area is 410 Å². The van der Waals surface area contributed by atoms with Crippen LogP contribution < -0.4 is 20.4 Å². The molecule has 70 heavy (non-hydrogen) atoms. The summed E-state index contributed by atoms with van der Waals surface area (Å²) in [6.07, 6.45) is 0. The van der Waals surface area contributed by atoms with Crippen molar-refractivity contribution in [2.24, 2.45) is 20.5 Å². The van der Waals surface area contributed by atoms with Crippen LogP contribution in [0.5, 0.6) is 0 Å². The number of nitrogens with one attached hydrogen (secondary N) is 2. The van der Waals surface area contributed by atoms with E-state index in [9.17, 15) is 25.9 Å². The number of aromatic nitrogens is 3. The fourth-order valence-corrected chi connectivity index (χ4v) is 10.0. The molecular formula is C50H49N11O6S3. The molecule has 358 valence electrons. The molecule has 1 heterocycles. The number of hydrogen-bond acceptors (Lipinski definition) is 16. The molecule has 0 unspecified atom stereocenters. The molecule has 0 saturated heterocycles. The van der Waals surface area contributed by atoms with Gasteiger partial charge in [-0.15, -0.1) is 20.5 Å². The van der Waals surface area contributed by atoms with Crippen molar-refractivity contribution in [2.75, 3.05) is 46.6 Å². The van der Waals surface area contributed by atoms with Crippen molar-refractivity contribution in [2.45, 2.75) is 48.4 Å². The van der Waals surface area contributed by atoms with Gasteiger partial charge in [0.25, 0.3) is 20.2 Å². The molecular weight excluding hydrogens is 947 g/mol. The third-order valence-corrected chi connectivity index (χ3v) is 14.1. The zero-order valence-electron chi connectivity index (χ0n) is 38.6. The molecule has 0 radical (unpaired) electrons. The van der Waals surface area contributed by atoms with Crippen LogP contribution in [0, 0.1) is 0 Å². The van der Waals surface area contributed by atoms with Gasteiger partial charge in [0.2, 0.25) is 11.9 Å². The lowest BCUT2D eigenvalue weighted by Crippen LogP contribution is -2.21. The molecule has 0 bridgehead atoms. The maximum absolute atomic E-state index is 12.2. The first-order valence-electron chi connectivity index (χ1n) is 22.3. The highest BCUT2D eigenvalue weighted by atomic mass is 32.2. The number of azo groups is 2. The van der Waals surface area contributed by atoms with Crippen molar-refractivity contribution in [3.05, 3.63) is 145 Å². The first-order chi connectivity index (χ1) is 33.8. The smallest absolute Gasteiger partial charge is 0.295 e. The normalized spacial score (nSPS) is 12.0. The highest BCUT2D eigenvalue weighted by Gasteiger charge is 2.19. The van der Waals surface area contributed by atoms with Crippen molar-refractivity contribution >= 4 is 111 Å². The molecule has 0 aliphatic heterocycles. The van der Waals surface area contributed by atoms with E-state index in [4.69, 9.17) is 15.0 Å². The van der Waals surface area contributed by atoms with Crippen LogP contribution in [0.15, 0.2) is 175 Å². The van der Waals surface area contributed by atoms with Crippen LogP contribution in [0.3, 0.4) is 0 Å². The van der Waals surface area contributed by atoms with Gasteiger partial charge >= 0.3 is 0 Å². The van der Waals surface area contributed by atoms with Crippen LogP contribution in [0.2, 0.25) is 0 Å². The molecule has 0 fully saturated rings. The van der Waals surface area contributed by atoms with Gasteiger partial charge < -0.3 is 20.4 Å². The average molecular weight is 996 g/mol. The molecule has 0 amide bonds. The summed E-state index contributed by atoms with van der Waals surface area (Å²) in [5.41, 5.74) is 5.55. The molecule has 0 atom stereocenters. The van der Waals surface area contributed by atoms with Gasteiger partial charge in [0.1, 0.15) is 21.2 Å². The second-order valence-corrected chi connectivity index (χ2v) is 19.4. The molecule has 8 aromatic rings. The summed E-state index contributed by atoms with van der Waals surface area (Å²) in [4.78, 5) is 18.5. The Bertz CT molecular complexity index is 3280. The predicted molar refractivity (Wildman–Crippen MR) is 278 cm³/mol. The SMILES string of the molecule is CCN(CC)c1ccc(/N=N/c2ccc(S(=O)(=O)O)c3ccccc23)c(Nc2nc(Nc3cc(N(CC)CC)ccc3/N=N/c3ccc(S(=O)(=O)O)c4ccccc34)nc(SCc3ccccc3)n2)c1. The summed E-state index contributed by atoms with van der Waals surface area (Å²) in [6.45, 7) is 11.2. The maximum Gasteiger partial charge on any atom is 0.295 e. The fraction of sp³-hybridized carbons (Fsp3) is 0.180. The Morgan fingerprint density at radius 2 is 0.871 bits per heavy atom. The number of fused-ring (bicyclic) bond motifs is 2. The van der Waals surface area contributed by atoms with Crippen LogP contribution in [-0.4, -0.2) is 67.1 Å². The summed E-state index contributed by atoms with van der Waals surface area (Å²) in [7, 11) is -9.01. The van der Waals surface area contributed by atoms with E-state index >= 15 is 0 Å². The highest BCUT2D eigenvalue weighted by molar-refractivity contribution is 7.98. The second-order valence-electron chi connectivity index (χ2n) is 15.6. The zero-order chi connectivity index (χ0) is 49.4. The van der Waals surface area contributed by atoms with Gasteiger partial charge in [-0.1, -0.05) is 90.6 Å². The van der Waals surface area contributed by atoms with E-state index in [1.807, 2.05) is 66.7 Å². The minimum atomic E-state index is -4.51. The number of thioether (sulfide) groups is 1. The maximum atomic E-state index is 12.2. The van der Waals surface area contributed by atoms with Gasteiger partial charge in [0.15, 0.2) is 5.16 Å². The number of anilines is 6. The minimum Gasteiger partial charge on any atom is -0.372 e. The lowest BCUT2D eigenvalue weighted by atomic mass is 10.1. The van der Waals surface area contributed by atoms with Crippen molar-refractivity contribution in [3.63, 3.8) is 0 Å². The van der Waals surface area contributed by atoms with Crippen molar-refractivity contribution in [1.82, 2.24) is 15.0 Å². The molecule has 1 aromatic heterocycles. The summed E-state index contributed by atoms with van der Waals surface area (Å²) < 4.78 is 68.8. The number of hydrogen-bond donors (Lipinski definition) is 4. The van der Waals surface area contributed by atoms with Crippen LogP contribution in [0.25, 0.3) is 21.5 Å². The number of benzene rings is 7. The lowest BCUT2D eigenvalue weighted by molar-refractivity contribution is 0.482.